The molecule has 20 heavy (non-hydrogen) atoms. The molecular weight excluding hydrogens is 268 g/mol. The van der Waals surface area contributed by atoms with Crippen molar-refractivity contribution in [3.63, 3.8) is 0 Å². The van der Waals surface area contributed by atoms with E-state index in [1.165, 1.54) is 11.0 Å². The molecule has 0 aromatic carbocycles. The molecule has 2 aliphatic heterocycles. The van der Waals surface area contributed by atoms with Gasteiger partial charge in [-0.05, 0) is 13.8 Å². The van der Waals surface area contributed by atoms with E-state index in [-0.39, 0.29) is 12.4 Å². The minimum absolute atomic E-state index is 0.101. The number of fused-ring (bicyclic) bond motifs is 1. The van der Waals surface area contributed by atoms with Crippen LogP contribution in [0.4, 0.5) is 0 Å². The van der Waals surface area contributed by atoms with Crippen LogP contribution >= 0.6 is 0 Å². The number of nitrogens with zero attached hydrogens (tertiary/aromatic N) is 3. The summed E-state index contributed by atoms with van der Waals surface area (Å²) in [6, 6.07) is 0. The molecule has 9 nitrogen and oxygen atoms in total. The van der Waals surface area contributed by atoms with Gasteiger partial charge in [-0.3, -0.25) is 4.79 Å². The third-order valence-electron chi connectivity index (χ3n) is 3.29. The molecule has 2 fully saturated rings. The molecule has 3 heterocycles. The zero-order chi connectivity index (χ0) is 14.5. The minimum atomic E-state index is -0.766. The molecule has 0 bridgehead atoms. The summed E-state index contributed by atoms with van der Waals surface area (Å²) in [5.74, 6) is -1.59. The van der Waals surface area contributed by atoms with Crippen LogP contribution in [-0.4, -0.2) is 56.5 Å². The lowest BCUT2D eigenvalue weighted by Gasteiger charge is -2.23. The van der Waals surface area contributed by atoms with Gasteiger partial charge in [0.2, 0.25) is 5.82 Å². The molecule has 0 saturated carbocycles. The van der Waals surface area contributed by atoms with Crippen molar-refractivity contribution in [3.05, 3.63) is 12.2 Å². The predicted octanol–water partition coefficient (Wildman–Crippen LogP) is -1.21. The highest BCUT2D eigenvalue weighted by Gasteiger charge is 2.56. The highest BCUT2D eigenvalue weighted by Crippen LogP contribution is 2.42. The Morgan fingerprint density at radius 3 is 2.80 bits per heavy atom. The van der Waals surface area contributed by atoms with Gasteiger partial charge in [-0.15, -0.1) is 5.10 Å². The molecule has 0 spiro atoms. The Labute approximate surface area is 114 Å². The molecule has 2 saturated heterocycles. The molecule has 110 valence electrons. The number of nitrogens with two attached hydrogens (primary N) is 1. The van der Waals surface area contributed by atoms with Crippen LogP contribution in [-0.2, 0) is 14.2 Å². The van der Waals surface area contributed by atoms with Gasteiger partial charge < -0.3 is 25.1 Å². The molecular formula is C11H16N4O5. The number of rotatable bonds is 3. The normalized spacial score (nSPS) is 35.1. The largest absolute Gasteiger partial charge is 0.394 e. The Morgan fingerprint density at radius 2 is 2.20 bits per heavy atom. The van der Waals surface area contributed by atoms with Crippen LogP contribution < -0.4 is 5.73 Å². The predicted molar refractivity (Wildman–Crippen MR) is 63.4 cm³/mol. The molecule has 0 radical (unpaired) electrons. The number of aromatic nitrogens is 3. The monoisotopic (exact) mass is 284 g/mol. The van der Waals surface area contributed by atoms with E-state index in [9.17, 15) is 9.90 Å². The number of ether oxygens (including phenoxy) is 3. The highest BCUT2D eigenvalue weighted by molar-refractivity contribution is 5.88. The van der Waals surface area contributed by atoms with Crippen molar-refractivity contribution in [2.24, 2.45) is 5.73 Å². The minimum Gasteiger partial charge on any atom is -0.394 e. The second-order valence-corrected chi connectivity index (χ2v) is 5.22. The summed E-state index contributed by atoms with van der Waals surface area (Å²) >= 11 is 0. The van der Waals surface area contributed by atoms with Crippen molar-refractivity contribution in [2.75, 3.05) is 6.61 Å². The summed E-state index contributed by atoms with van der Waals surface area (Å²) in [7, 11) is 0. The van der Waals surface area contributed by atoms with Gasteiger partial charge >= 0.3 is 0 Å². The Bertz CT molecular complexity index is 531. The molecule has 3 rings (SSSR count). The number of carbonyl (C=O) groups is 1. The zero-order valence-corrected chi connectivity index (χ0v) is 11.1. The number of hydrogen-bond acceptors (Lipinski definition) is 7. The van der Waals surface area contributed by atoms with Crippen LogP contribution in [0.3, 0.4) is 0 Å². The maximum Gasteiger partial charge on any atom is 0.288 e. The van der Waals surface area contributed by atoms with Crippen molar-refractivity contribution in [3.8, 4) is 0 Å². The van der Waals surface area contributed by atoms with Gasteiger partial charge in [0.05, 0.1) is 6.61 Å². The Balaban J connectivity index is 1.87. The molecule has 3 N–H and O–H groups in total. The SMILES string of the molecule is CC1(C)O[C@@H]2[C@H](O1)[C@H](n1cnc(C(N)=O)n1)O[C@@H]2CO. The van der Waals surface area contributed by atoms with Crippen LogP contribution in [0.5, 0.6) is 0 Å². The molecule has 1 aromatic heterocycles. The van der Waals surface area contributed by atoms with E-state index in [1.807, 2.05) is 0 Å². The lowest BCUT2D eigenvalue weighted by Crippen LogP contribution is -2.31. The fourth-order valence-electron chi connectivity index (χ4n) is 2.53. The number of amides is 1. The van der Waals surface area contributed by atoms with Crippen LogP contribution in [0.1, 0.15) is 30.7 Å². The third kappa shape index (κ3) is 2.08. The van der Waals surface area contributed by atoms with Crippen molar-refractivity contribution >= 4 is 5.91 Å². The van der Waals surface area contributed by atoms with E-state index >= 15 is 0 Å². The van der Waals surface area contributed by atoms with Gasteiger partial charge in [0, 0.05) is 0 Å². The maximum absolute atomic E-state index is 11.0. The van der Waals surface area contributed by atoms with Crippen molar-refractivity contribution in [1.82, 2.24) is 14.8 Å². The number of primary amides is 1. The van der Waals surface area contributed by atoms with Gasteiger partial charge in [-0.1, -0.05) is 0 Å². The van der Waals surface area contributed by atoms with Gasteiger partial charge in [0.1, 0.15) is 24.6 Å². The van der Waals surface area contributed by atoms with E-state index in [0.29, 0.717) is 0 Å². The number of hydrogen-bond donors (Lipinski definition) is 2. The van der Waals surface area contributed by atoms with Crippen LogP contribution in [0.2, 0.25) is 0 Å². The van der Waals surface area contributed by atoms with E-state index < -0.39 is 36.2 Å². The van der Waals surface area contributed by atoms with E-state index in [2.05, 4.69) is 10.1 Å². The fraction of sp³-hybridized carbons (Fsp3) is 0.727. The first-order valence-corrected chi connectivity index (χ1v) is 6.24. The first-order valence-electron chi connectivity index (χ1n) is 6.24. The molecule has 1 amide bonds. The molecule has 0 unspecified atom stereocenters. The molecule has 0 aliphatic carbocycles. The summed E-state index contributed by atoms with van der Waals surface area (Å²) < 4.78 is 18.5. The first kappa shape index (κ1) is 13.4. The van der Waals surface area contributed by atoms with Crippen LogP contribution in [0.15, 0.2) is 6.33 Å². The van der Waals surface area contributed by atoms with Gasteiger partial charge in [0.15, 0.2) is 12.0 Å². The first-order chi connectivity index (χ1) is 9.41. The fourth-order valence-corrected chi connectivity index (χ4v) is 2.53. The van der Waals surface area contributed by atoms with Gasteiger partial charge in [-0.2, -0.15) is 0 Å². The quantitative estimate of drug-likeness (QED) is 0.713. The van der Waals surface area contributed by atoms with Crippen LogP contribution in [0.25, 0.3) is 0 Å². The number of carbonyl (C=O) groups excluding carboxylic acids is 1. The molecule has 2 aliphatic rings. The summed E-state index contributed by atoms with van der Waals surface area (Å²) in [5.41, 5.74) is 5.12. The van der Waals surface area contributed by atoms with Gasteiger partial charge in [0.25, 0.3) is 5.91 Å². The van der Waals surface area contributed by atoms with E-state index in [4.69, 9.17) is 19.9 Å². The lowest BCUT2D eigenvalue weighted by molar-refractivity contribution is -0.201. The van der Waals surface area contributed by atoms with E-state index in [1.54, 1.807) is 13.8 Å². The van der Waals surface area contributed by atoms with Crippen molar-refractivity contribution in [1.29, 1.82) is 0 Å². The average Bonchev–Trinajstić information content (AvgIpc) is 3.01. The summed E-state index contributed by atoms with van der Waals surface area (Å²) in [6.45, 7) is 3.37. The summed E-state index contributed by atoms with van der Waals surface area (Å²) in [4.78, 5) is 14.8. The number of aliphatic hydroxyl groups excluding tert-OH is 1. The Hall–Kier alpha value is -1.55. The Morgan fingerprint density at radius 1 is 1.50 bits per heavy atom. The standard InChI is InChI=1S/C11H16N4O5/c1-11(2)19-6-5(3-16)18-10(7(6)20-11)15-4-13-9(14-15)8(12)17/h4-7,10,16H,3H2,1-2H3,(H2,12,17)/t5-,6+,7+,10-/m1/s1. The van der Waals surface area contributed by atoms with Crippen LogP contribution in [0, 0.1) is 0 Å². The molecule has 4 atom stereocenters. The summed E-state index contributed by atoms with van der Waals surface area (Å²) in [5, 5.41) is 13.3. The topological polar surface area (TPSA) is 122 Å². The maximum atomic E-state index is 11.0. The second-order valence-electron chi connectivity index (χ2n) is 5.22. The molecule has 1 aromatic rings. The third-order valence-corrected chi connectivity index (χ3v) is 3.29. The van der Waals surface area contributed by atoms with Gasteiger partial charge in [-0.25, -0.2) is 9.67 Å². The second kappa shape index (κ2) is 4.48. The van der Waals surface area contributed by atoms with E-state index in [0.717, 1.165) is 0 Å². The zero-order valence-electron chi connectivity index (χ0n) is 11.1. The Kier molecular flexibility index (Phi) is 3.01. The van der Waals surface area contributed by atoms with Crippen molar-refractivity contribution < 1.29 is 24.1 Å². The smallest absolute Gasteiger partial charge is 0.288 e. The average molecular weight is 284 g/mol. The lowest BCUT2D eigenvalue weighted by atomic mass is 10.1. The summed E-state index contributed by atoms with van der Waals surface area (Å²) in [6.07, 6.45) is -0.644. The van der Waals surface area contributed by atoms with Crippen molar-refractivity contribution in [2.45, 2.75) is 44.2 Å². The molecule has 9 heteroatoms. The number of aliphatic hydroxyl groups is 1. The highest BCUT2D eigenvalue weighted by atomic mass is 16.8.